The van der Waals surface area contributed by atoms with Crippen molar-refractivity contribution in [1.82, 2.24) is 9.55 Å². The third-order valence-electron chi connectivity index (χ3n) is 5.17. The van der Waals surface area contributed by atoms with E-state index in [1.807, 2.05) is 0 Å². The Hall–Kier alpha value is -1.53. The summed E-state index contributed by atoms with van der Waals surface area (Å²) in [6, 6.07) is 0. The monoisotopic (exact) mass is 376 g/mol. The molecule has 0 spiro atoms. The number of H-pyrrole nitrogens is 1. The Morgan fingerprint density at radius 3 is 2.52 bits per heavy atom. The highest BCUT2D eigenvalue weighted by molar-refractivity contribution is 7.86. The van der Waals surface area contributed by atoms with Gasteiger partial charge in [-0.05, 0) is 6.92 Å². The fourth-order valence-corrected chi connectivity index (χ4v) is 4.19. The number of fused-ring (bicyclic) bond motifs is 1. The van der Waals surface area contributed by atoms with Gasteiger partial charge in [0, 0.05) is 17.2 Å². The Labute approximate surface area is 143 Å². The van der Waals surface area contributed by atoms with Gasteiger partial charge >= 0.3 is 5.69 Å². The molecule has 2 heterocycles. The summed E-state index contributed by atoms with van der Waals surface area (Å²) >= 11 is 0. The van der Waals surface area contributed by atoms with Crippen LogP contribution in [0.4, 0.5) is 0 Å². The molecule has 5 atom stereocenters. The first-order valence-electron chi connectivity index (χ1n) is 7.57. The third-order valence-corrected chi connectivity index (χ3v) is 5.73. The molecule has 25 heavy (non-hydrogen) atoms. The molecule has 3 rings (SSSR count). The maximum Gasteiger partial charge on any atom is 0.330 e. The number of aryl methyl sites for hydroxylation is 1. The molecule has 1 saturated heterocycles. The van der Waals surface area contributed by atoms with Gasteiger partial charge in [0.05, 0.1) is 12.4 Å². The number of rotatable bonds is 3. The molecule has 1 aliphatic carbocycles. The van der Waals surface area contributed by atoms with E-state index >= 15 is 0 Å². The molecule has 1 unspecified atom stereocenters. The number of nitrogens with one attached hydrogen (secondary N) is 1. The lowest BCUT2D eigenvalue weighted by molar-refractivity contribution is -0.291. The highest BCUT2D eigenvalue weighted by Crippen LogP contribution is 2.60. The van der Waals surface area contributed by atoms with E-state index in [0.717, 1.165) is 10.8 Å². The van der Waals surface area contributed by atoms with Crippen LogP contribution in [0.5, 0.6) is 0 Å². The number of aromatic nitrogens is 2. The van der Waals surface area contributed by atoms with Crippen LogP contribution < -0.4 is 11.2 Å². The summed E-state index contributed by atoms with van der Waals surface area (Å²) in [5.41, 5.74) is -4.24. The van der Waals surface area contributed by atoms with Crippen LogP contribution in [-0.2, 0) is 19.0 Å². The SMILES string of the molecule is Cc1cn([C@@H]2O[C@@H]3C(O)C(C)(C)[C@@]3(O)[C@H]2OS(C)(=O)=O)c(=O)[nH]c1=O. The number of aliphatic hydroxyl groups is 2. The van der Waals surface area contributed by atoms with E-state index in [9.17, 15) is 28.2 Å². The van der Waals surface area contributed by atoms with Crippen LogP contribution in [0.3, 0.4) is 0 Å². The number of aliphatic hydroxyl groups excluding tert-OH is 1. The van der Waals surface area contributed by atoms with Crippen molar-refractivity contribution in [2.45, 2.75) is 50.9 Å². The fourth-order valence-electron chi connectivity index (χ4n) is 3.57. The molecule has 2 fully saturated rings. The second kappa shape index (κ2) is 5.24. The second-order valence-corrected chi connectivity index (χ2v) is 8.74. The van der Waals surface area contributed by atoms with Crippen molar-refractivity contribution in [3.8, 4) is 0 Å². The summed E-state index contributed by atoms with van der Waals surface area (Å²) in [7, 11) is -4.02. The number of hydrogen-bond acceptors (Lipinski definition) is 8. The Morgan fingerprint density at radius 2 is 1.96 bits per heavy atom. The number of aromatic amines is 1. The van der Waals surface area contributed by atoms with Gasteiger partial charge in [-0.15, -0.1) is 0 Å². The standard InChI is InChI=1S/C14H20N2O8S/c1-6-5-16(12(19)15-10(6)18)11-9(24-25(4,21)22)14(20)8(23-11)7(17)13(14,2)3/h5,7-9,11,17,20H,1-4H3,(H,15,18,19)/t7?,8-,9+,11-,14+/m1/s1. The summed E-state index contributed by atoms with van der Waals surface area (Å²) in [5, 5.41) is 21.3. The lowest BCUT2D eigenvalue weighted by Gasteiger charge is -2.58. The van der Waals surface area contributed by atoms with Gasteiger partial charge in [-0.25, -0.2) is 4.79 Å². The topological polar surface area (TPSA) is 148 Å². The Kier molecular flexibility index (Phi) is 3.83. The van der Waals surface area contributed by atoms with Gasteiger partial charge in [0.15, 0.2) is 12.3 Å². The number of ether oxygens (including phenoxy) is 1. The lowest BCUT2D eigenvalue weighted by Crippen LogP contribution is -2.76. The molecule has 0 bridgehead atoms. The summed E-state index contributed by atoms with van der Waals surface area (Å²) in [6.07, 6.45) is -3.05. The molecule has 0 radical (unpaired) electrons. The van der Waals surface area contributed by atoms with Gasteiger partial charge in [0.2, 0.25) is 0 Å². The van der Waals surface area contributed by atoms with Gasteiger partial charge in [0.1, 0.15) is 11.7 Å². The average molecular weight is 376 g/mol. The molecular formula is C14H20N2O8S. The zero-order chi connectivity index (χ0) is 18.9. The van der Waals surface area contributed by atoms with Crippen molar-refractivity contribution in [1.29, 1.82) is 0 Å². The fraction of sp³-hybridized carbons (Fsp3) is 0.714. The predicted octanol–water partition coefficient (Wildman–Crippen LogP) is -1.78. The van der Waals surface area contributed by atoms with Crippen LogP contribution in [0, 0.1) is 12.3 Å². The van der Waals surface area contributed by atoms with Gasteiger partial charge in [0.25, 0.3) is 15.7 Å². The van der Waals surface area contributed by atoms with E-state index in [0.29, 0.717) is 0 Å². The maximum absolute atomic E-state index is 12.1. The summed E-state index contributed by atoms with van der Waals surface area (Å²) < 4.78 is 34.9. The Morgan fingerprint density at radius 1 is 1.36 bits per heavy atom. The van der Waals surface area contributed by atoms with E-state index in [2.05, 4.69) is 4.98 Å². The molecule has 1 saturated carbocycles. The van der Waals surface area contributed by atoms with Crippen LogP contribution >= 0.6 is 0 Å². The van der Waals surface area contributed by atoms with Crippen LogP contribution in [0.25, 0.3) is 0 Å². The number of nitrogens with zero attached hydrogens (tertiary/aromatic N) is 1. The van der Waals surface area contributed by atoms with Gasteiger partial charge in [-0.2, -0.15) is 8.42 Å². The van der Waals surface area contributed by atoms with Crippen molar-refractivity contribution >= 4 is 10.1 Å². The first-order valence-corrected chi connectivity index (χ1v) is 9.38. The van der Waals surface area contributed by atoms with Crippen molar-refractivity contribution in [3.05, 3.63) is 32.6 Å². The second-order valence-electron chi connectivity index (χ2n) is 7.14. The zero-order valence-electron chi connectivity index (χ0n) is 14.1. The van der Waals surface area contributed by atoms with E-state index in [-0.39, 0.29) is 5.56 Å². The summed E-state index contributed by atoms with van der Waals surface area (Å²) in [6.45, 7) is 4.54. The van der Waals surface area contributed by atoms with E-state index in [1.54, 1.807) is 13.8 Å². The van der Waals surface area contributed by atoms with Gasteiger partial charge in [-0.1, -0.05) is 13.8 Å². The summed E-state index contributed by atoms with van der Waals surface area (Å²) in [5.74, 6) is 0. The molecule has 10 nitrogen and oxygen atoms in total. The highest BCUT2D eigenvalue weighted by atomic mass is 32.2. The average Bonchev–Trinajstić information content (AvgIpc) is 2.74. The molecule has 1 aromatic heterocycles. The van der Waals surface area contributed by atoms with Crippen molar-refractivity contribution in [2.75, 3.05) is 6.26 Å². The van der Waals surface area contributed by atoms with Crippen LogP contribution in [0.15, 0.2) is 15.8 Å². The van der Waals surface area contributed by atoms with Crippen LogP contribution in [-0.4, -0.2) is 58.4 Å². The molecule has 0 aromatic carbocycles. The lowest BCUT2D eigenvalue weighted by atomic mass is 9.53. The maximum atomic E-state index is 12.1. The molecule has 3 N–H and O–H groups in total. The van der Waals surface area contributed by atoms with E-state index in [1.165, 1.54) is 13.1 Å². The van der Waals surface area contributed by atoms with Crippen molar-refractivity contribution in [3.63, 3.8) is 0 Å². The van der Waals surface area contributed by atoms with Crippen molar-refractivity contribution in [2.24, 2.45) is 5.41 Å². The molecule has 0 amide bonds. The number of hydrogen-bond donors (Lipinski definition) is 3. The zero-order valence-corrected chi connectivity index (χ0v) is 14.9. The molecule has 1 aromatic rings. The van der Waals surface area contributed by atoms with Crippen LogP contribution in [0.2, 0.25) is 0 Å². The van der Waals surface area contributed by atoms with Gasteiger partial charge in [-0.3, -0.25) is 18.5 Å². The van der Waals surface area contributed by atoms with E-state index < -0.39 is 56.9 Å². The minimum atomic E-state index is -4.02. The largest absolute Gasteiger partial charge is 0.390 e. The van der Waals surface area contributed by atoms with E-state index in [4.69, 9.17) is 8.92 Å². The highest BCUT2D eigenvalue weighted by Gasteiger charge is 2.77. The Balaban J connectivity index is 2.15. The minimum Gasteiger partial charge on any atom is -0.390 e. The van der Waals surface area contributed by atoms with Gasteiger partial charge < -0.3 is 14.9 Å². The normalized spacial score (nSPS) is 36.7. The van der Waals surface area contributed by atoms with Crippen molar-refractivity contribution < 1.29 is 27.6 Å². The first kappa shape index (κ1) is 18.3. The molecule has 11 heteroatoms. The van der Waals surface area contributed by atoms with Crippen LogP contribution in [0.1, 0.15) is 25.6 Å². The first-order chi connectivity index (χ1) is 11.3. The molecule has 2 aliphatic rings. The Bertz CT molecular complexity index is 933. The predicted molar refractivity (Wildman–Crippen MR) is 84.4 cm³/mol. The molecule has 1 aliphatic heterocycles. The quantitative estimate of drug-likeness (QED) is 0.524. The smallest absolute Gasteiger partial charge is 0.330 e. The molecule has 140 valence electrons. The minimum absolute atomic E-state index is 0.187. The molecular weight excluding hydrogens is 356 g/mol. The summed E-state index contributed by atoms with van der Waals surface area (Å²) in [4.78, 5) is 25.8. The third kappa shape index (κ3) is 2.41.